The van der Waals surface area contributed by atoms with E-state index in [4.69, 9.17) is 4.43 Å². The second-order valence-electron chi connectivity index (χ2n) is 7.30. The van der Waals surface area contributed by atoms with Crippen LogP contribution in [0.4, 0.5) is 0 Å². The topological polar surface area (TPSA) is 25.0 Å². The molecule has 0 spiro atoms. The van der Waals surface area contributed by atoms with Gasteiger partial charge in [0.05, 0.1) is 6.10 Å². The third kappa shape index (κ3) is 3.49. The Labute approximate surface area is 144 Å². The van der Waals surface area contributed by atoms with Gasteiger partial charge in [-0.1, -0.05) is 43.6 Å². The number of rotatable bonds is 5. The van der Waals surface area contributed by atoms with Gasteiger partial charge in [0, 0.05) is 21.1 Å². The highest BCUT2D eigenvalue weighted by Crippen LogP contribution is 2.43. The van der Waals surface area contributed by atoms with Crippen LogP contribution in [-0.4, -0.2) is 14.0 Å². The second-order valence-corrected chi connectivity index (χ2v) is 10.2. The number of hydrogen-bond acceptors (Lipinski definition) is 1. The van der Waals surface area contributed by atoms with Crippen molar-refractivity contribution in [3.05, 3.63) is 33.9 Å². The van der Waals surface area contributed by atoms with E-state index in [0.29, 0.717) is 5.92 Å². The smallest absolute Gasteiger partial charge is 0.205 e. The van der Waals surface area contributed by atoms with Gasteiger partial charge in [-0.25, -0.2) is 0 Å². The summed E-state index contributed by atoms with van der Waals surface area (Å²) in [4.78, 5) is 3.60. The summed E-state index contributed by atoms with van der Waals surface area (Å²) in [5, 5.41) is 1.24. The van der Waals surface area contributed by atoms with Gasteiger partial charge in [-0.3, -0.25) is 0 Å². The molecule has 0 fully saturated rings. The van der Waals surface area contributed by atoms with Crippen molar-refractivity contribution < 1.29 is 4.43 Å². The first-order chi connectivity index (χ1) is 10.1. The van der Waals surface area contributed by atoms with Gasteiger partial charge in [-0.15, -0.1) is 0 Å². The van der Waals surface area contributed by atoms with Crippen LogP contribution in [0.2, 0.25) is 13.1 Å². The normalized spacial score (nSPS) is 14.3. The monoisotopic (exact) mass is 380 g/mol. The van der Waals surface area contributed by atoms with Crippen LogP contribution >= 0.6 is 15.9 Å². The Morgan fingerprint density at radius 3 is 2.36 bits per heavy atom. The molecule has 1 atom stereocenters. The van der Waals surface area contributed by atoms with Crippen molar-refractivity contribution in [1.82, 2.24) is 4.98 Å². The number of aryl methyl sites for hydroxylation is 1. The standard InChI is InChI=1S/C18H27BrNOSi/c1-11(2)18(4,5)17(21-22(6)7)16-10-13-9-14(19)12(3)8-15(13)20-16/h8-11,17,20H,1-7H3. The number of hydrogen-bond donors (Lipinski definition) is 1. The van der Waals surface area contributed by atoms with E-state index < -0.39 is 9.04 Å². The van der Waals surface area contributed by atoms with Crippen LogP contribution in [0.5, 0.6) is 0 Å². The molecule has 1 aromatic heterocycles. The van der Waals surface area contributed by atoms with E-state index in [9.17, 15) is 0 Å². The summed E-state index contributed by atoms with van der Waals surface area (Å²) in [6.07, 6.45) is 0.0999. The lowest BCUT2D eigenvalue weighted by molar-refractivity contribution is 0.0326. The average molecular weight is 381 g/mol. The number of halogens is 1. The molecule has 0 aliphatic carbocycles. The summed E-state index contributed by atoms with van der Waals surface area (Å²) in [5.41, 5.74) is 3.70. The summed E-state index contributed by atoms with van der Waals surface area (Å²) >= 11 is 3.63. The average Bonchev–Trinajstić information content (AvgIpc) is 2.78. The molecule has 2 nitrogen and oxygen atoms in total. The van der Waals surface area contributed by atoms with E-state index in [0.717, 1.165) is 4.47 Å². The Bertz CT molecular complexity index is 621. The predicted molar refractivity (Wildman–Crippen MR) is 101 cm³/mol. The molecule has 121 valence electrons. The van der Waals surface area contributed by atoms with Crippen molar-refractivity contribution in [2.45, 2.75) is 53.8 Å². The first-order valence-corrected chi connectivity index (χ1v) is 11.1. The molecule has 0 saturated heterocycles. The minimum atomic E-state index is -0.778. The third-order valence-corrected chi connectivity index (χ3v) is 6.28. The first kappa shape index (κ1) is 17.8. The lowest BCUT2D eigenvalue weighted by Crippen LogP contribution is -2.32. The van der Waals surface area contributed by atoms with Crippen LogP contribution in [0.25, 0.3) is 10.9 Å². The highest BCUT2D eigenvalue weighted by Gasteiger charge is 2.36. The maximum atomic E-state index is 6.41. The van der Waals surface area contributed by atoms with E-state index >= 15 is 0 Å². The number of H-pyrrole nitrogens is 1. The summed E-state index contributed by atoms with van der Waals surface area (Å²) in [7, 11) is -0.778. The van der Waals surface area contributed by atoms with Gasteiger partial charge >= 0.3 is 0 Å². The quantitative estimate of drug-likeness (QED) is 0.610. The second kappa shape index (κ2) is 6.50. The predicted octanol–water partition coefficient (Wildman–Crippen LogP) is 6.23. The molecule has 0 aliphatic rings. The molecular formula is C18H27BrNOSi. The minimum absolute atomic E-state index is 0.0785. The molecule has 0 aliphatic heterocycles. The van der Waals surface area contributed by atoms with Crippen LogP contribution in [-0.2, 0) is 4.43 Å². The summed E-state index contributed by atoms with van der Waals surface area (Å²) < 4.78 is 7.57. The molecule has 2 aromatic rings. The van der Waals surface area contributed by atoms with Crippen molar-refractivity contribution in [3.63, 3.8) is 0 Å². The van der Waals surface area contributed by atoms with E-state index in [1.165, 1.54) is 22.2 Å². The van der Waals surface area contributed by atoms with Gasteiger partial charge in [0.1, 0.15) is 0 Å². The van der Waals surface area contributed by atoms with Gasteiger partial charge in [0.2, 0.25) is 9.04 Å². The van der Waals surface area contributed by atoms with Gasteiger partial charge in [-0.2, -0.15) is 0 Å². The van der Waals surface area contributed by atoms with Gasteiger partial charge in [-0.05, 0) is 55.1 Å². The first-order valence-electron chi connectivity index (χ1n) is 7.88. The molecule has 4 heteroatoms. The SMILES string of the molecule is Cc1cc2[nH]c(C(O[Si](C)C)C(C)(C)C(C)C)cc2cc1Br. The Kier molecular flexibility index (Phi) is 5.25. The zero-order chi connectivity index (χ0) is 16.7. The fourth-order valence-electron chi connectivity index (χ4n) is 2.58. The number of aromatic amines is 1. The van der Waals surface area contributed by atoms with Crippen LogP contribution in [0.15, 0.2) is 22.7 Å². The van der Waals surface area contributed by atoms with E-state index in [1.54, 1.807) is 0 Å². The zero-order valence-electron chi connectivity index (χ0n) is 14.7. The van der Waals surface area contributed by atoms with Crippen LogP contribution in [0, 0.1) is 18.3 Å². The van der Waals surface area contributed by atoms with Gasteiger partial charge < -0.3 is 9.41 Å². The van der Waals surface area contributed by atoms with Crippen LogP contribution < -0.4 is 0 Å². The van der Waals surface area contributed by atoms with E-state index in [1.807, 2.05) is 0 Å². The number of fused-ring (bicyclic) bond motifs is 1. The molecule has 1 unspecified atom stereocenters. The van der Waals surface area contributed by atoms with Gasteiger partial charge in [0.15, 0.2) is 0 Å². The molecule has 2 rings (SSSR count). The van der Waals surface area contributed by atoms with Crippen LogP contribution in [0.1, 0.15) is 45.1 Å². The fourth-order valence-corrected chi connectivity index (χ4v) is 3.84. The summed E-state index contributed by atoms with van der Waals surface area (Å²) in [6, 6.07) is 6.64. The summed E-state index contributed by atoms with van der Waals surface area (Å²) in [5.74, 6) is 0.540. The molecule has 1 aromatic carbocycles. The Morgan fingerprint density at radius 2 is 1.82 bits per heavy atom. The molecule has 1 N–H and O–H groups in total. The molecular weight excluding hydrogens is 354 g/mol. The van der Waals surface area contributed by atoms with Crippen LogP contribution in [0.3, 0.4) is 0 Å². The Morgan fingerprint density at radius 1 is 1.18 bits per heavy atom. The Hall–Kier alpha value is -0.583. The van der Waals surface area contributed by atoms with Gasteiger partial charge in [0.25, 0.3) is 0 Å². The molecule has 0 bridgehead atoms. The van der Waals surface area contributed by atoms with E-state index in [2.05, 4.69) is 86.8 Å². The van der Waals surface area contributed by atoms with Crippen molar-refractivity contribution in [1.29, 1.82) is 0 Å². The largest absolute Gasteiger partial charge is 0.408 e. The molecule has 22 heavy (non-hydrogen) atoms. The lowest BCUT2D eigenvalue weighted by atomic mass is 9.75. The zero-order valence-corrected chi connectivity index (χ0v) is 17.3. The molecule has 0 saturated carbocycles. The summed E-state index contributed by atoms with van der Waals surface area (Å²) in [6.45, 7) is 15.7. The minimum Gasteiger partial charge on any atom is -0.408 e. The van der Waals surface area contributed by atoms with E-state index in [-0.39, 0.29) is 11.5 Å². The van der Waals surface area contributed by atoms with Crippen molar-refractivity contribution in [2.75, 3.05) is 0 Å². The molecule has 1 heterocycles. The van der Waals surface area contributed by atoms with Crippen molar-refractivity contribution in [3.8, 4) is 0 Å². The fraction of sp³-hybridized carbons (Fsp3) is 0.556. The maximum absolute atomic E-state index is 6.41. The Balaban J connectivity index is 2.52. The number of aromatic nitrogens is 1. The maximum Gasteiger partial charge on any atom is 0.205 e. The number of nitrogens with one attached hydrogen (secondary N) is 1. The third-order valence-electron chi connectivity index (χ3n) is 4.72. The number of benzene rings is 1. The van der Waals surface area contributed by atoms with Crippen molar-refractivity contribution in [2.24, 2.45) is 11.3 Å². The molecule has 1 radical (unpaired) electrons. The lowest BCUT2D eigenvalue weighted by Gasteiger charge is -2.38. The van der Waals surface area contributed by atoms with Crippen molar-refractivity contribution >= 4 is 35.9 Å². The highest BCUT2D eigenvalue weighted by atomic mass is 79.9. The highest BCUT2D eigenvalue weighted by molar-refractivity contribution is 9.10. The molecule has 0 amide bonds.